The Kier molecular flexibility index (Phi) is 5.58. The van der Waals surface area contributed by atoms with Gasteiger partial charge in [-0.25, -0.2) is 9.37 Å². The number of carbonyl (C=O) groups is 1. The molecule has 1 amide bonds. The standard InChI is InChI=1S/C23H20ClFN8O/c1-12(2)29-23-21(25)20(24)19(14-8-28-32-22(14)23)15-10-33-11-16(30-17(33)9-27-15)31-18(34)6-13-4-3-5-26-7-13/h3-5,7-12,29H,6H2,1-2H3,(H,28,32)(H,31,34). The molecule has 172 valence electrons. The van der Waals surface area contributed by atoms with Crippen molar-refractivity contribution in [2.75, 3.05) is 10.6 Å². The molecule has 0 spiro atoms. The van der Waals surface area contributed by atoms with Crippen LogP contribution in [0, 0.1) is 5.82 Å². The number of imidazole rings is 1. The molecular formula is C23H20ClFN8O. The average Bonchev–Trinajstić information content (AvgIpc) is 3.43. The molecule has 0 saturated carbocycles. The van der Waals surface area contributed by atoms with Gasteiger partial charge in [-0.15, -0.1) is 0 Å². The molecule has 0 radical (unpaired) electrons. The summed E-state index contributed by atoms with van der Waals surface area (Å²) in [5.41, 5.74) is 2.92. The van der Waals surface area contributed by atoms with Gasteiger partial charge in [0.25, 0.3) is 0 Å². The molecule has 0 aliphatic rings. The fourth-order valence-electron chi connectivity index (χ4n) is 3.75. The van der Waals surface area contributed by atoms with E-state index >= 15 is 4.39 Å². The predicted octanol–water partition coefficient (Wildman–Crippen LogP) is 4.46. The third-order valence-electron chi connectivity index (χ3n) is 5.18. The Bertz CT molecular complexity index is 1510. The molecule has 4 heterocycles. The van der Waals surface area contributed by atoms with E-state index in [9.17, 15) is 4.79 Å². The summed E-state index contributed by atoms with van der Waals surface area (Å²) in [6.07, 6.45) is 9.93. The van der Waals surface area contributed by atoms with Crippen LogP contribution in [0.2, 0.25) is 5.02 Å². The summed E-state index contributed by atoms with van der Waals surface area (Å²) in [4.78, 5) is 25.2. The minimum Gasteiger partial charge on any atom is -0.379 e. The number of H-pyrrole nitrogens is 1. The topological polar surface area (TPSA) is 113 Å². The lowest BCUT2D eigenvalue weighted by Gasteiger charge is -2.15. The molecule has 0 fully saturated rings. The first-order valence-electron chi connectivity index (χ1n) is 10.5. The Morgan fingerprint density at radius 3 is 2.88 bits per heavy atom. The maximum atomic E-state index is 15.2. The predicted molar refractivity (Wildman–Crippen MR) is 128 cm³/mol. The lowest BCUT2D eigenvalue weighted by molar-refractivity contribution is -0.115. The Morgan fingerprint density at radius 1 is 1.26 bits per heavy atom. The van der Waals surface area contributed by atoms with Crippen LogP contribution in [0.5, 0.6) is 0 Å². The molecule has 5 rings (SSSR count). The Balaban J connectivity index is 1.49. The second-order valence-corrected chi connectivity index (χ2v) is 8.46. The summed E-state index contributed by atoms with van der Waals surface area (Å²) in [7, 11) is 0. The lowest BCUT2D eigenvalue weighted by atomic mass is 10.1. The zero-order valence-corrected chi connectivity index (χ0v) is 19.1. The summed E-state index contributed by atoms with van der Waals surface area (Å²) < 4.78 is 16.9. The summed E-state index contributed by atoms with van der Waals surface area (Å²) in [5, 5.41) is 13.4. The number of rotatable bonds is 6. The largest absolute Gasteiger partial charge is 0.379 e. The van der Waals surface area contributed by atoms with E-state index in [1.165, 1.54) is 6.20 Å². The van der Waals surface area contributed by atoms with Gasteiger partial charge in [0.2, 0.25) is 5.91 Å². The molecule has 4 aromatic heterocycles. The molecule has 0 bridgehead atoms. The number of fused-ring (bicyclic) bond motifs is 2. The van der Waals surface area contributed by atoms with E-state index < -0.39 is 5.82 Å². The monoisotopic (exact) mass is 478 g/mol. The number of hydrogen-bond donors (Lipinski definition) is 3. The molecule has 1 aromatic carbocycles. The van der Waals surface area contributed by atoms with E-state index in [-0.39, 0.29) is 29.1 Å². The van der Waals surface area contributed by atoms with Gasteiger partial charge in [-0.3, -0.25) is 19.9 Å². The number of aromatic amines is 1. The number of nitrogens with one attached hydrogen (secondary N) is 3. The summed E-state index contributed by atoms with van der Waals surface area (Å²) in [6, 6.07) is 3.60. The van der Waals surface area contributed by atoms with Crippen molar-refractivity contribution in [1.82, 2.24) is 29.5 Å². The molecule has 0 atom stereocenters. The number of benzene rings is 1. The highest BCUT2D eigenvalue weighted by atomic mass is 35.5. The number of hydrogen-bond acceptors (Lipinski definition) is 6. The zero-order valence-electron chi connectivity index (χ0n) is 18.3. The Hall–Kier alpha value is -4.05. The van der Waals surface area contributed by atoms with E-state index in [0.717, 1.165) is 5.56 Å². The summed E-state index contributed by atoms with van der Waals surface area (Å²) in [5.74, 6) is -0.434. The van der Waals surface area contributed by atoms with Gasteiger partial charge in [0.15, 0.2) is 17.3 Å². The summed E-state index contributed by atoms with van der Waals surface area (Å²) >= 11 is 6.47. The average molecular weight is 479 g/mol. The minimum atomic E-state index is -0.585. The molecule has 3 N–H and O–H groups in total. The van der Waals surface area contributed by atoms with Crippen LogP contribution >= 0.6 is 11.6 Å². The van der Waals surface area contributed by atoms with Gasteiger partial charge in [0.1, 0.15) is 0 Å². The number of aromatic nitrogens is 6. The van der Waals surface area contributed by atoms with Crippen molar-refractivity contribution in [2.45, 2.75) is 26.3 Å². The second-order valence-electron chi connectivity index (χ2n) is 8.09. The lowest BCUT2D eigenvalue weighted by Crippen LogP contribution is -2.14. The SMILES string of the molecule is CC(C)Nc1c(F)c(Cl)c(-c2cn3cc(NC(=O)Cc4cccnc4)nc3cn2)c2cn[nH]c12. The van der Waals surface area contributed by atoms with Gasteiger partial charge >= 0.3 is 0 Å². The molecule has 34 heavy (non-hydrogen) atoms. The molecule has 5 aromatic rings. The number of pyridine rings is 1. The number of anilines is 2. The van der Waals surface area contributed by atoms with Crippen molar-refractivity contribution < 1.29 is 9.18 Å². The van der Waals surface area contributed by atoms with E-state index in [2.05, 4.69) is 35.8 Å². The van der Waals surface area contributed by atoms with E-state index in [1.54, 1.807) is 41.5 Å². The fraction of sp³-hybridized carbons (Fsp3) is 0.174. The van der Waals surface area contributed by atoms with Gasteiger partial charge in [-0.2, -0.15) is 5.10 Å². The smallest absolute Gasteiger partial charge is 0.230 e. The quantitative estimate of drug-likeness (QED) is 0.332. The van der Waals surface area contributed by atoms with Crippen LogP contribution in [0.25, 0.3) is 27.8 Å². The molecule has 0 unspecified atom stereocenters. The molecule has 0 aliphatic heterocycles. The van der Waals surface area contributed by atoms with Crippen LogP contribution in [0.15, 0.2) is 49.3 Å². The highest BCUT2D eigenvalue weighted by molar-refractivity contribution is 6.35. The molecule has 11 heteroatoms. The van der Waals surface area contributed by atoms with Gasteiger partial charge in [0, 0.05) is 35.6 Å². The highest BCUT2D eigenvalue weighted by Gasteiger charge is 2.23. The van der Waals surface area contributed by atoms with Crippen molar-refractivity contribution in [1.29, 1.82) is 0 Å². The van der Waals surface area contributed by atoms with Gasteiger partial charge in [0.05, 0.1) is 46.9 Å². The van der Waals surface area contributed by atoms with Crippen LogP contribution in [0.4, 0.5) is 15.9 Å². The first-order chi connectivity index (χ1) is 16.4. The van der Waals surface area contributed by atoms with Crippen LogP contribution in [-0.2, 0) is 11.2 Å². The van der Waals surface area contributed by atoms with Crippen molar-refractivity contribution >= 4 is 45.6 Å². The number of amides is 1. The van der Waals surface area contributed by atoms with Crippen molar-refractivity contribution in [3.63, 3.8) is 0 Å². The fourth-order valence-corrected chi connectivity index (χ4v) is 4.05. The van der Waals surface area contributed by atoms with Crippen molar-refractivity contribution in [3.05, 3.63) is 65.7 Å². The number of nitrogens with zero attached hydrogens (tertiary/aromatic N) is 5. The number of halogens is 2. The molecule has 0 aliphatic carbocycles. The van der Waals surface area contributed by atoms with E-state index in [0.29, 0.717) is 33.6 Å². The second kappa shape index (κ2) is 8.71. The highest BCUT2D eigenvalue weighted by Crippen LogP contribution is 2.40. The third-order valence-corrected chi connectivity index (χ3v) is 5.53. The van der Waals surface area contributed by atoms with Crippen LogP contribution in [0.1, 0.15) is 19.4 Å². The van der Waals surface area contributed by atoms with E-state index in [1.807, 2.05) is 19.9 Å². The maximum Gasteiger partial charge on any atom is 0.230 e. The van der Waals surface area contributed by atoms with Crippen molar-refractivity contribution in [3.8, 4) is 11.3 Å². The minimum absolute atomic E-state index is 0.00451. The molecule has 0 saturated heterocycles. The van der Waals surface area contributed by atoms with Crippen molar-refractivity contribution in [2.24, 2.45) is 0 Å². The van der Waals surface area contributed by atoms with Gasteiger partial charge in [-0.1, -0.05) is 17.7 Å². The van der Waals surface area contributed by atoms with Crippen LogP contribution in [0.3, 0.4) is 0 Å². The Labute approximate surface area is 198 Å². The summed E-state index contributed by atoms with van der Waals surface area (Å²) in [6.45, 7) is 3.82. The van der Waals surface area contributed by atoms with Crippen LogP contribution in [-0.4, -0.2) is 41.5 Å². The Morgan fingerprint density at radius 2 is 2.12 bits per heavy atom. The van der Waals surface area contributed by atoms with Gasteiger partial charge < -0.3 is 15.0 Å². The van der Waals surface area contributed by atoms with Crippen LogP contribution < -0.4 is 10.6 Å². The first kappa shape index (κ1) is 21.8. The third kappa shape index (κ3) is 4.03. The maximum absolute atomic E-state index is 15.2. The van der Waals surface area contributed by atoms with E-state index in [4.69, 9.17) is 11.6 Å². The van der Waals surface area contributed by atoms with Gasteiger partial charge in [-0.05, 0) is 25.5 Å². The zero-order chi connectivity index (χ0) is 23.8. The first-order valence-corrected chi connectivity index (χ1v) is 10.9. The molecule has 9 nitrogen and oxygen atoms in total. The normalized spacial score (nSPS) is 11.4. The number of carbonyl (C=O) groups excluding carboxylic acids is 1. The molecular weight excluding hydrogens is 459 g/mol.